The van der Waals surface area contributed by atoms with Gasteiger partial charge in [0.1, 0.15) is 9.77 Å². The van der Waals surface area contributed by atoms with Crippen LogP contribution in [0.3, 0.4) is 0 Å². The van der Waals surface area contributed by atoms with Crippen molar-refractivity contribution in [1.29, 1.82) is 0 Å². The summed E-state index contributed by atoms with van der Waals surface area (Å²) in [4.78, 5) is 17.6. The Hall–Kier alpha value is -1.90. The maximum absolute atomic E-state index is 13.1. The molecule has 0 unspecified atom stereocenters. The van der Waals surface area contributed by atoms with Gasteiger partial charge >= 0.3 is 0 Å². The van der Waals surface area contributed by atoms with Crippen LogP contribution in [0.2, 0.25) is 0 Å². The number of sulfonamides is 1. The summed E-state index contributed by atoms with van der Waals surface area (Å²) in [6.07, 6.45) is 2.83. The molecule has 0 aliphatic carbocycles. The smallest absolute Gasteiger partial charge is 0.265 e. The van der Waals surface area contributed by atoms with E-state index in [2.05, 4.69) is 17.0 Å². The summed E-state index contributed by atoms with van der Waals surface area (Å²) in [6.45, 7) is 3.76. The Labute approximate surface area is 170 Å². The Balaban J connectivity index is 1.47. The lowest BCUT2D eigenvalue weighted by Gasteiger charge is -2.36. The summed E-state index contributed by atoms with van der Waals surface area (Å²) < 4.78 is 27.6. The predicted octanol–water partition coefficient (Wildman–Crippen LogP) is 2.89. The van der Waals surface area contributed by atoms with E-state index in [0.717, 1.165) is 38.0 Å². The number of amides is 1. The zero-order chi connectivity index (χ0) is 19.6. The number of carbonyl (C=O) groups is 1. The lowest BCUT2D eigenvalue weighted by molar-refractivity contribution is 0.0748. The molecule has 28 heavy (non-hydrogen) atoms. The van der Waals surface area contributed by atoms with Crippen LogP contribution >= 0.6 is 11.3 Å². The van der Waals surface area contributed by atoms with Crippen LogP contribution in [0.5, 0.6) is 0 Å². The number of piperidine rings is 1. The van der Waals surface area contributed by atoms with Crippen LogP contribution < -0.4 is 4.90 Å². The SMILES string of the molecule is O=C(c1sccc1S(=O)(=O)N1CCCCC1)N1CCN(c2ccccc2)CC1. The lowest BCUT2D eigenvalue weighted by Crippen LogP contribution is -2.49. The molecule has 0 saturated carbocycles. The molecule has 0 spiro atoms. The summed E-state index contributed by atoms with van der Waals surface area (Å²) >= 11 is 1.23. The third kappa shape index (κ3) is 3.81. The van der Waals surface area contributed by atoms with Crippen LogP contribution in [-0.4, -0.2) is 62.8 Å². The zero-order valence-electron chi connectivity index (χ0n) is 15.8. The van der Waals surface area contributed by atoms with Crippen molar-refractivity contribution in [2.24, 2.45) is 0 Å². The fourth-order valence-electron chi connectivity index (χ4n) is 3.85. The van der Waals surface area contributed by atoms with Crippen LogP contribution in [0.15, 0.2) is 46.7 Å². The molecule has 0 atom stereocenters. The van der Waals surface area contributed by atoms with E-state index in [1.807, 2.05) is 18.2 Å². The van der Waals surface area contributed by atoms with E-state index in [1.54, 1.807) is 16.3 Å². The van der Waals surface area contributed by atoms with Crippen molar-refractivity contribution in [3.05, 3.63) is 46.7 Å². The molecule has 0 bridgehead atoms. The molecule has 2 aromatic rings. The van der Waals surface area contributed by atoms with Gasteiger partial charge in [0.05, 0.1) is 0 Å². The van der Waals surface area contributed by atoms with E-state index in [9.17, 15) is 13.2 Å². The van der Waals surface area contributed by atoms with Gasteiger partial charge in [0.2, 0.25) is 10.0 Å². The minimum atomic E-state index is -3.60. The molecule has 4 rings (SSSR count). The largest absolute Gasteiger partial charge is 0.368 e. The number of thiophene rings is 1. The molecular weight excluding hydrogens is 394 g/mol. The third-order valence-electron chi connectivity index (χ3n) is 5.44. The molecule has 150 valence electrons. The van der Waals surface area contributed by atoms with Crippen molar-refractivity contribution in [3.8, 4) is 0 Å². The Morgan fingerprint density at radius 2 is 1.54 bits per heavy atom. The number of rotatable bonds is 4. The van der Waals surface area contributed by atoms with E-state index in [0.29, 0.717) is 31.1 Å². The van der Waals surface area contributed by atoms with Gasteiger partial charge in [-0.3, -0.25) is 4.79 Å². The summed E-state index contributed by atoms with van der Waals surface area (Å²) in [5.41, 5.74) is 1.15. The highest BCUT2D eigenvalue weighted by Gasteiger charge is 2.33. The fourth-order valence-corrected chi connectivity index (χ4v) is 6.73. The van der Waals surface area contributed by atoms with Crippen molar-refractivity contribution < 1.29 is 13.2 Å². The first kappa shape index (κ1) is 19.4. The van der Waals surface area contributed by atoms with E-state index >= 15 is 0 Å². The Morgan fingerprint density at radius 3 is 2.21 bits per heavy atom. The number of anilines is 1. The van der Waals surface area contributed by atoms with E-state index < -0.39 is 10.0 Å². The van der Waals surface area contributed by atoms with Crippen LogP contribution in [0, 0.1) is 0 Å². The number of carbonyl (C=O) groups excluding carboxylic acids is 1. The molecule has 2 aliphatic heterocycles. The molecule has 0 N–H and O–H groups in total. The van der Waals surface area contributed by atoms with Gasteiger partial charge in [0, 0.05) is 45.0 Å². The summed E-state index contributed by atoms with van der Waals surface area (Å²) in [6, 6.07) is 11.7. The Bertz CT molecular complexity index is 913. The number of hydrogen-bond acceptors (Lipinski definition) is 5. The summed E-state index contributed by atoms with van der Waals surface area (Å²) in [5.74, 6) is -0.168. The Kier molecular flexibility index (Phi) is 5.70. The minimum Gasteiger partial charge on any atom is -0.368 e. The van der Waals surface area contributed by atoms with Gasteiger partial charge in [0.15, 0.2) is 0 Å². The third-order valence-corrected chi connectivity index (χ3v) is 8.42. The fraction of sp³-hybridized carbons (Fsp3) is 0.450. The summed E-state index contributed by atoms with van der Waals surface area (Å²) in [5, 5.41) is 1.71. The molecule has 2 aliphatic rings. The van der Waals surface area contributed by atoms with E-state index in [1.165, 1.54) is 15.6 Å². The molecule has 2 fully saturated rings. The normalized spacial score (nSPS) is 19.0. The zero-order valence-corrected chi connectivity index (χ0v) is 17.4. The highest BCUT2D eigenvalue weighted by Crippen LogP contribution is 2.29. The van der Waals surface area contributed by atoms with Gasteiger partial charge < -0.3 is 9.80 Å². The van der Waals surface area contributed by atoms with Crippen LogP contribution in [0.4, 0.5) is 5.69 Å². The molecule has 1 aromatic heterocycles. The van der Waals surface area contributed by atoms with Crippen LogP contribution in [-0.2, 0) is 10.0 Å². The van der Waals surface area contributed by atoms with Gasteiger partial charge in [-0.1, -0.05) is 24.6 Å². The van der Waals surface area contributed by atoms with Crippen molar-refractivity contribution >= 4 is 33.0 Å². The van der Waals surface area contributed by atoms with Gasteiger partial charge in [-0.15, -0.1) is 11.3 Å². The number of piperazine rings is 1. The standard InChI is InChI=1S/C20H25N3O3S2/c24-20(22-14-12-21(13-15-22)17-7-3-1-4-8-17)19-18(9-16-27-19)28(25,26)23-10-5-2-6-11-23/h1,3-4,7-9,16H,2,5-6,10-15H2. The second-order valence-corrected chi connectivity index (χ2v) is 10.0. The first-order valence-corrected chi connectivity index (χ1v) is 12.1. The number of benzene rings is 1. The van der Waals surface area contributed by atoms with Crippen molar-refractivity contribution in [1.82, 2.24) is 9.21 Å². The average Bonchev–Trinajstić information content (AvgIpc) is 3.25. The lowest BCUT2D eigenvalue weighted by atomic mass is 10.2. The van der Waals surface area contributed by atoms with Gasteiger partial charge in [-0.05, 0) is 36.4 Å². The van der Waals surface area contributed by atoms with Crippen molar-refractivity contribution in [2.45, 2.75) is 24.2 Å². The highest BCUT2D eigenvalue weighted by molar-refractivity contribution is 7.89. The second kappa shape index (κ2) is 8.23. The molecule has 1 amide bonds. The molecule has 3 heterocycles. The minimum absolute atomic E-state index is 0.168. The van der Waals surface area contributed by atoms with Gasteiger partial charge in [-0.25, -0.2) is 8.42 Å². The van der Waals surface area contributed by atoms with E-state index in [4.69, 9.17) is 0 Å². The van der Waals surface area contributed by atoms with Crippen molar-refractivity contribution in [2.75, 3.05) is 44.2 Å². The molecule has 1 aromatic carbocycles. The Morgan fingerprint density at radius 1 is 0.857 bits per heavy atom. The van der Waals surface area contributed by atoms with E-state index in [-0.39, 0.29) is 10.8 Å². The second-order valence-electron chi connectivity index (χ2n) is 7.19. The molecule has 2 saturated heterocycles. The molecular formula is C20H25N3O3S2. The maximum atomic E-state index is 13.1. The quantitative estimate of drug-likeness (QED) is 0.765. The number of hydrogen-bond donors (Lipinski definition) is 0. The van der Waals surface area contributed by atoms with Crippen molar-refractivity contribution in [3.63, 3.8) is 0 Å². The monoisotopic (exact) mass is 419 g/mol. The summed E-state index contributed by atoms with van der Waals surface area (Å²) in [7, 11) is -3.60. The highest BCUT2D eigenvalue weighted by atomic mass is 32.2. The van der Waals surface area contributed by atoms with Crippen LogP contribution in [0.1, 0.15) is 28.9 Å². The topological polar surface area (TPSA) is 60.9 Å². The maximum Gasteiger partial charge on any atom is 0.265 e. The predicted molar refractivity (Wildman–Crippen MR) is 111 cm³/mol. The van der Waals surface area contributed by atoms with Gasteiger partial charge in [-0.2, -0.15) is 4.31 Å². The van der Waals surface area contributed by atoms with Gasteiger partial charge in [0.25, 0.3) is 5.91 Å². The molecule has 0 radical (unpaired) electrons. The number of nitrogens with zero attached hydrogens (tertiary/aromatic N) is 3. The average molecular weight is 420 g/mol. The molecule has 6 nitrogen and oxygen atoms in total. The first-order chi connectivity index (χ1) is 13.6. The first-order valence-electron chi connectivity index (χ1n) is 9.74. The number of para-hydroxylation sites is 1. The molecule has 8 heteroatoms. The van der Waals surface area contributed by atoms with Crippen LogP contribution in [0.25, 0.3) is 0 Å².